The smallest absolute Gasteiger partial charge is 0.123 e. The molecule has 1 aromatic carbocycles. The summed E-state index contributed by atoms with van der Waals surface area (Å²) in [5.74, 6) is 5.86. The lowest BCUT2D eigenvalue weighted by atomic mass is 9.79. The fraction of sp³-hybridized carbons (Fsp3) is 0.625. The zero-order valence-electron chi connectivity index (χ0n) is 12.7. The highest BCUT2D eigenvalue weighted by Gasteiger charge is 2.48. The first-order chi connectivity index (χ1) is 9.23. The topological polar surface area (TPSA) is 47.3 Å². The van der Waals surface area contributed by atoms with Crippen LogP contribution in [-0.2, 0) is 11.2 Å². The normalized spacial score (nSPS) is 25.6. The van der Waals surface area contributed by atoms with E-state index in [1.807, 2.05) is 12.1 Å². The fourth-order valence-corrected chi connectivity index (χ4v) is 3.42. The number of nitrogens with two attached hydrogens (primary N) is 1. The minimum atomic E-state index is -0.222. The molecule has 1 fully saturated rings. The van der Waals surface area contributed by atoms with Crippen molar-refractivity contribution in [3.05, 3.63) is 35.6 Å². The third-order valence-electron chi connectivity index (χ3n) is 4.21. The molecule has 1 aliphatic heterocycles. The van der Waals surface area contributed by atoms with Crippen molar-refractivity contribution >= 4 is 0 Å². The molecule has 2 unspecified atom stereocenters. The van der Waals surface area contributed by atoms with E-state index in [4.69, 9.17) is 10.6 Å². The van der Waals surface area contributed by atoms with Gasteiger partial charge in [-0.25, -0.2) is 4.39 Å². The summed E-state index contributed by atoms with van der Waals surface area (Å²) >= 11 is 0. The van der Waals surface area contributed by atoms with Crippen LogP contribution in [-0.4, -0.2) is 17.2 Å². The Morgan fingerprint density at radius 3 is 2.35 bits per heavy atom. The Morgan fingerprint density at radius 2 is 1.90 bits per heavy atom. The summed E-state index contributed by atoms with van der Waals surface area (Å²) in [4.78, 5) is 0. The van der Waals surface area contributed by atoms with E-state index in [2.05, 4.69) is 33.1 Å². The van der Waals surface area contributed by atoms with Crippen LogP contribution < -0.4 is 11.3 Å². The predicted molar refractivity (Wildman–Crippen MR) is 78.6 cm³/mol. The van der Waals surface area contributed by atoms with Crippen molar-refractivity contribution in [3.8, 4) is 0 Å². The monoisotopic (exact) mass is 280 g/mol. The number of benzene rings is 1. The largest absolute Gasteiger partial charge is 0.369 e. The van der Waals surface area contributed by atoms with Gasteiger partial charge in [-0.05, 0) is 58.2 Å². The van der Waals surface area contributed by atoms with E-state index < -0.39 is 0 Å². The van der Waals surface area contributed by atoms with E-state index in [-0.39, 0.29) is 23.1 Å². The molecule has 112 valence electrons. The Kier molecular flexibility index (Phi) is 4.19. The van der Waals surface area contributed by atoms with Crippen molar-refractivity contribution in [2.75, 3.05) is 0 Å². The maximum Gasteiger partial charge on any atom is 0.123 e. The molecule has 0 radical (unpaired) electrons. The van der Waals surface area contributed by atoms with Crippen LogP contribution in [0.1, 0.15) is 39.7 Å². The highest BCUT2D eigenvalue weighted by molar-refractivity contribution is 5.18. The molecule has 1 saturated heterocycles. The molecular weight excluding hydrogens is 255 g/mol. The summed E-state index contributed by atoms with van der Waals surface area (Å²) in [6, 6.07) is 6.71. The van der Waals surface area contributed by atoms with Crippen molar-refractivity contribution in [1.82, 2.24) is 5.43 Å². The lowest BCUT2D eigenvalue weighted by Gasteiger charge is -2.32. The third-order valence-corrected chi connectivity index (χ3v) is 4.21. The van der Waals surface area contributed by atoms with Gasteiger partial charge in [-0.3, -0.25) is 11.3 Å². The Labute approximate surface area is 120 Å². The maximum atomic E-state index is 13.0. The summed E-state index contributed by atoms with van der Waals surface area (Å²) in [5.41, 5.74) is 3.65. The molecule has 4 heteroatoms. The van der Waals surface area contributed by atoms with Crippen LogP contribution in [0.2, 0.25) is 0 Å². The molecule has 2 atom stereocenters. The summed E-state index contributed by atoms with van der Waals surface area (Å²) in [7, 11) is 0. The van der Waals surface area contributed by atoms with Crippen molar-refractivity contribution < 1.29 is 9.13 Å². The van der Waals surface area contributed by atoms with Gasteiger partial charge in [0, 0.05) is 12.0 Å². The van der Waals surface area contributed by atoms with Crippen LogP contribution >= 0.6 is 0 Å². The Balaban J connectivity index is 2.14. The summed E-state index contributed by atoms with van der Waals surface area (Å²) in [5, 5.41) is 0. The van der Waals surface area contributed by atoms with Gasteiger partial charge in [0.1, 0.15) is 5.82 Å². The van der Waals surface area contributed by atoms with E-state index >= 15 is 0 Å². The fourth-order valence-electron chi connectivity index (χ4n) is 3.42. The van der Waals surface area contributed by atoms with Gasteiger partial charge in [0.25, 0.3) is 0 Å². The first-order valence-corrected chi connectivity index (χ1v) is 7.14. The van der Waals surface area contributed by atoms with Crippen molar-refractivity contribution in [2.45, 2.75) is 57.8 Å². The maximum absolute atomic E-state index is 13.0. The van der Waals surface area contributed by atoms with Crippen LogP contribution in [0, 0.1) is 11.7 Å². The van der Waals surface area contributed by atoms with Gasteiger partial charge < -0.3 is 4.74 Å². The number of hydrazine groups is 1. The summed E-state index contributed by atoms with van der Waals surface area (Å²) in [6.45, 7) is 8.45. The molecule has 3 nitrogen and oxygen atoms in total. The van der Waals surface area contributed by atoms with Crippen LogP contribution in [0.4, 0.5) is 4.39 Å². The van der Waals surface area contributed by atoms with E-state index in [0.717, 1.165) is 18.4 Å². The van der Waals surface area contributed by atoms with E-state index in [1.54, 1.807) is 0 Å². The van der Waals surface area contributed by atoms with Gasteiger partial charge in [-0.15, -0.1) is 0 Å². The predicted octanol–water partition coefficient (Wildman–Crippen LogP) is 2.79. The zero-order valence-corrected chi connectivity index (χ0v) is 12.7. The van der Waals surface area contributed by atoms with Gasteiger partial charge in [0.2, 0.25) is 0 Å². The molecule has 0 amide bonds. The van der Waals surface area contributed by atoms with Crippen LogP contribution in [0.3, 0.4) is 0 Å². The van der Waals surface area contributed by atoms with Gasteiger partial charge in [-0.2, -0.15) is 0 Å². The first kappa shape index (κ1) is 15.4. The van der Waals surface area contributed by atoms with Crippen molar-refractivity contribution in [2.24, 2.45) is 11.8 Å². The van der Waals surface area contributed by atoms with Gasteiger partial charge in [0.15, 0.2) is 0 Å². The molecular formula is C16H25FN2O. The minimum Gasteiger partial charge on any atom is -0.369 e. The van der Waals surface area contributed by atoms with Gasteiger partial charge >= 0.3 is 0 Å². The Hall–Kier alpha value is -0.970. The molecule has 0 aromatic heterocycles. The number of hydrogen-bond acceptors (Lipinski definition) is 3. The van der Waals surface area contributed by atoms with E-state index in [9.17, 15) is 4.39 Å². The SMILES string of the molecule is CC1(C)CC(C(Cc2ccc(F)cc2)NN)C(C)(C)O1. The number of hydrogen-bond donors (Lipinski definition) is 2. The average Bonchev–Trinajstić information content (AvgIpc) is 2.56. The first-order valence-electron chi connectivity index (χ1n) is 7.14. The number of nitrogens with one attached hydrogen (secondary N) is 1. The quantitative estimate of drug-likeness (QED) is 0.658. The zero-order chi connectivity index (χ0) is 15.0. The van der Waals surface area contributed by atoms with Crippen LogP contribution in [0.5, 0.6) is 0 Å². The second-order valence-electron chi connectivity index (χ2n) is 6.88. The van der Waals surface area contributed by atoms with Crippen molar-refractivity contribution in [3.63, 3.8) is 0 Å². The molecule has 20 heavy (non-hydrogen) atoms. The highest BCUT2D eigenvalue weighted by Crippen LogP contribution is 2.43. The van der Waals surface area contributed by atoms with Crippen molar-refractivity contribution in [1.29, 1.82) is 0 Å². The highest BCUT2D eigenvalue weighted by atomic mass is 19.1. The molecule has 0 spiro atoms. The lowest BCUT2D eigenvalue weighted by Crippen LogP contribution is -2.48. The Bertz CT molecular complexity index is 456. The number of ether oxygens (including phenoxy) is 1. The molecule has 0 bridgehead atoms. The molecule has 1 aromatic rings. The Morgan fingerprint density at radius 1 is 1.30 bits per heavy atom. The number of halogens is 1. The van der Waals surface area contributed by atoms with Crippen LogP contribution in [0.15, 0.2) is 24.3 Å². The van der Waals surface area contributed by atoms with E-state index in [0.29, 0.717) is 5.92 Å². The molecule has 1 aliphatic rings. The molecule has 1 heterocycles. The summed E-state index contributed by atoms with van der Waals surface area (Å²) < 4.78 is 19.1. The third kappa shape index (κ3) is 3.37. The number of rotatable bonds is 4. The minimum absolute atomic E-state index is 0.109. The average molecular weight is 280 g/mol. The molecule has 3 N–H and O–H groups in total. The standard InChI is InChI=1S/C16H25FN2O/c1-15(2)10-13(16(3,4)20-15)14(19-18)9-11-5-7-12(17)8-6-11/h5-8,13-14,19H,9-10,18H2,1-4H3. The molecule has 2 rings (SSSR count). The lowest BCUT2D eigenvalue weighted by molar-refractivity contribution is -0.0776. The van der Waals surface area contributed by atoms with Gasteiger partial charge in [0.05, 0.1) is 11.2 Å². The van der Waals surface area contributed by atoms with E-state index in [1.165, 1.54) is 12.1 Å². The second-order valence-corrected chi connectivity index (χ2v) is 6.88. The van der Waals surface area contributed by atoms with Gasteiger partial charge in [-0.1, -0.05) is 12.1 Å². The summed E-state index contributed by atoms with van der Waals surface area (Å²) in [6.07, 6.45) is 1.72. The second kappa shape index (κ2) is 5.43. The molecule has 0 saturated carbocycles. The van der Waals surface area contributed by atoms with Crippen LogP contribution in [0.25, 0.3) is 0 Å². The molecule has 0 aliphatic carbocycles.